The Morgan fingerprint density at radius 1 is 1.10 bits per heavy atom. The third-order valence-corrected chi connectivity index (χ3v) is 6.66. The summed E-state index contributed by atoms with van der Waals surface area (Å²) in [6, 6.07) is 11.9. The Labute approximate surface area is 174 Å². The van der Waals surface area contributed by atoms with Crippen LogP contribution in [0.1, 0.15) is 24.6 Å². The first-order chi connectivity index (χ1) is 14.2. The van der Waals surface area contributed by atoms with Gasteiger partial charge in [-0.2, -0.15) is 0 Å². The molecule has 3 heterocycles. The number of aryl methyl sites for hydroxylation is 1. The molecule has 0 unspecified atom stereocenters. The monoisotopic (exact) mass is 412 g/mol. The molecular weight excluding hydrogens is 384 g/mol. The van der Waals surface area contributed by atoms with Crippen molar-refractivity contribution in [2.45, 2.75) is 39.4 Å². The minimum absolute atomic E-state index is 0.0730. The number of fused-ring (bicyclic) bond motifs is 1. The fraction of sp³-hybridized carbons (Fsp3) is 0.455. The number of imidazole rings is 1. The van der Waals surface area contributed by atoms with Crippen LogP contribution in [0.25, 0.3) is 11.0 Å². The Morgan fingerprint density at radius 3 is 2.48 bits per heavy atom. The second kappa shape index (κ2) is 8.97. The maximum absolute atomic E-state index is 12.7. The number of thiophene rings is 1. The molecule has 154 valence electrons. The van der Waals surface area contributed by atoms with Crippen molar-refractivity contribution in [3.63, 3.8) is 0 Å². The average Bonchev–Trinajstić information content (AvgIpc) is 3.34. The van der Waals surface area contributed by atoms with E-state index >= 15 is 0 Å². The molecule has 6 nitrogen and oxygen atoms in total. The highest BCUT2D eigenvalue weighted by molar-refractivity contribution is 7.09. The summed E-state index contributed by atoms with van der Waals surface area (Å²) in [6.45, 7) is 6.47. The Balaban J connectivity index is 1.30. The van der Waals surface area contributed by atoms with Crippen molar-refractivity contribution in [3.8, 4) is 0 Å². The highest BCUT2D eigenvalue weighted by Gasteiger charge is 2.20. The number of aromatic nitrogens is 2. The molecular formula is C22H28N4O2S. The quantitative estimate of drug-likeness (QED) is 0.649. The van der Waals surface area contributed by atoms with Gasteiger partial charge in [0.2, 0.25) is 5.91 Å². The molecule has 1 N–H and O–H groups in total. The number of nitrogens with zero attached hydrogens (tertiary/aromatic N) is 3. The molecule has 0 spiro atoms. The Hall–Kier alpha value is -2.38. The lowest BCUT2D eigenvalue weighted by atomic mass is 9.97. The normalized spacial score (nSPS) is 15.8. The molecule has 1 saturated heterocycles. The number of benzene rings is 1. The molecule has 4 rings (SSSR count). The molecule has 1 aliphatic heterocycles. The van der Waals surface area contributed by atoms with E-state index in [0.29, 0.717) is 19.0 Å². The van der Waals surface area contributed by atoms with E-state index < -0.39 is 0 Å². The van der Waals surface area contributed by atoms with Gasteiger partial charge in [-0.1, -0.05) is 18.2 Å². The molecule has 3 aromatic rings. The zero-order chi connectivity index (χ0) is 20.2. The van der Waals surface area contributed by atoms with Gasteiger partial charge in [-0.25, -0.2) is 4.79 Å². The van der Waals surface area contributed by atoms with Gasteiger partial charge in [-0.3, -0.25) is 18.8 Å². The van der Waals surface area contributed by atoms with Crippen LogP contribution in [0.3, 0.4) is 0 Å². The first-order valence-corrected chi connectivity index (χ1v) is 11.2. The molecule has 0 bridgehead atoms. The van der Waals surface area contributed by atoms with Crippen LogP contribution in [0, 0.1) is 5.92 Å². The molecule has 7 heteroatoms. The Kier molecular flexibility index (Phi) is 6.16. The zero-order valence-electron chi connectivity index (χ0n) is 16.8. The van der Waals surface area contributed by atoms with E-state index in [1.54, 1.807) is 9.13 Å². The summed E-state index contributed by atoms with van der Waals surface area (Å²) in [5, 5.41) is 5.18. The number of hydrogen-bond acceptors (Lipinski definition) is 4. The minimum atomic E-state index is -0.120. The van der Waals surface area contributed by atoms with Crippen LogP contribution in [-0.2, 0) is 24.4 Å². The van der Waals surface area contributed by atoms with Crippen molar-refractivity contribution < 1.29 is 4.79 Å². The van der Waals surface area contributed by atoms with Crippen molar-refractivity contribution in [2.24, 2.45) is 5.92 Å². The van der Waals surface area contributed by atoms with Crippen LogP contribution in [0.2, 0.25) is 0 Å². The van der Waals surface area contributed by atoms with E-state index in [1.807, 2.05) is 42.5 Å². The van der Waals surface area contributed by atoms with E-state index in [4.69, 9.17) is 0 Å². The topological polar surface area (TPSA) is 59.3 Å². The van der Waals surface area contributed by atoms with Gasteiger partial charge >= 0.3 is 5.69 Å². The van der Waals surface area contributed by atoms with Crippen LogP contribution in [0.15, 0.2) is 46.6 Å². The highest BCUT2D eigenvalue weighted by Crippen LogP contribution is 2.20. The van der Waals surface area contributed by atoms with Crippen LogP contribution in [-0.4, -0.2) is 39.6 Å². The van der Waals surface area contributed by atoms with Gasteiger partial charge < -0.3 is 5.32 Å². The third-order valence-electron chi connectivity index (χ3n) is 5.80. The summed E-state index contributed by atoms with van der Waals surface area (Å²) in [5.41, 5.74) is 1.58. The standard InChI is InChI=1S/C22H28N4O2S/c1-2-25-19-7-3-4-8-20(19)26(22(25)28)16-21(27)23-14-17-9-11-24(12-10-17)15-18-6-5-13-29-18/h3-8,13,17H,2,9-12,14-16H2,1H3,(H,23,27). The smallest absolute Gasteiger partial charge is 0.329 e. The summed E-state index contributed by atoms with van der Waals surface area (Å²) in [6.07, 6.45) is 2.20. The molecule has 2 aromatic heterocycles. The summed E-state index contributed by atoms with van der Waals surface area (Å²) in [4.78, 5) is 29.1. The predicted molar refractivity (Wildman–Crippen MR) is 117 cm³/mol. The van der Waals surface area contributed by atoms with Crippen LogP contribution < -0.4 is 11.0 Å². The molecule has 29 heavy (non-hydrogen) atoms. The summed E-state index contributed by atoms with van der Waals surface area (Å²) in [7, 11) is 0. The first kappa shape index (κ1) is 19.9. The number of amides is 1. The van der Waals surface area contributed by atoms with E-state index in [2.05, 4.69) is 27.7 Å². The van der Waals surface area contributed by atoms with Gasteiger partial charge in [-0.05, 0) is 62.4 Å². The molecule has 0 atom stereocenters. The van der Waals surface area contributed by atoms with Gasteiger partial charge in [0, 0.05) is 24.5 Å². The number of piperidine rings is 1. The van der Waals surface area contributed by atoms with Gasteiger partial charge in [0.25, 0.3) is 0 Å². The Morgan fingerprint density at radius 2 is 1.83 bits per heavy atom. The molecule has 0 radical (unpaired) electrons. The number of para-hydroxylation sites is 2. The first-order valence-electron chi connectivity index (χ1n) is 10.3. The molecule has 0 saturated carbocycles. The molecule has 1 aromatic carbocycles. The van der Waals surface area contributed by atoms with Gasteiger partial charge in [0.1, 0.15) is 6.54 Å². The largest absolute Gasteiger partial charge is 0.354 e. The molecule has 1 aliphatic rings. The highest BCUT2D eigenvalue weighted by atomic mass is 32.1. The lowest BCUT2D eigenvalue weighted by Crippen LogP contribution is -2.39. The maximum atomic E-state index is 12.7. The molecule has 1 fully saturated rings. The number of hydrogen-bond donors (Lipinski definition) is 1. The van der Waals surface area contributed by atoms with Gasteiger partial charge in [0.15, 0.2) is 0 Å². The van der Waals surface area contributed by atoms with E-state index in [9.17, 15) is 9.59 Å². The van der Waals surface area contributed by atoms with Crippen LogP contribution in [0.4, 0.5) is 0 Å². The Bertz CT molecular complexity index is 1010. The lowest BCUT2D eigenvalue weighted by Gasteiger charge is -2.31. The number of likely N-dealkylation sites (tertiary alicyclic amines) is 1. The van der Waals surface area contributed by atoms with E-state index in [-0.39, 0.29) is 18.1 Å². The fourth-order valence-electron chi connectivity index (χ4n) is 4.16. The lowest BCUT2D eigenvalue weighted by molar-refractivity contribution is -0.121. The van der Waals surface area contributed by atoms with Gasteiger partial charge in [0.05, 0.1) is 11.0 Å². The summed E-state index contributed by atoms with van der Waals surface area (Å²) >= 11 is 1.81. The SMILES string of the molecule is CCn1c(=O)n(CC(=O)NCC2CCN(Cc3cccs3)CC2)c2ccccc21. The third kappa shape index (κ3) is 4.46. The van der Waals surface area contributed by atoms with Crippen LogP contribution >= 0.6 is 11.3 Å². The van der Waals surface area contributed by atoms with E-state index in [1.165, 1.54) is 4.88 Å². The number of carbonyl (C=O) groups is 1. The molecule has 0 aliphatic carbocycles. The number of nitrogens with one attached hydrogen (secondary N) is 1. The summed E-state index contributed by atoms with van der Waals surface area (Å²) in [5.74, 6) is 0.416. The minimum Gasteiger partial charge on any atom is -0.354 e. The average molecular weight is 413 g/mol. The fourth-order valence-corrected chi connectivity index (χ4v) is 4.91. The van der Waals surface area contributed by atoms with Crippen molar-refractivity contribution >= 4 is 28.3 Å². The van der Waals surface area contributed by atoms with Crippen LogP contribution in [0.5, 0.6) is 0 Å². The second-order valence-electron chi connectivity index (χ2n) is 7.70. The van der Waals surface area contributed by atoms with Crippen molar-refractivity contribution in [3.05, 3.63) is 57.1 Å². The molecule has 1 amide bonds. The number of carbonyl (C=O) groups excluding carboxylic acids is 1. The van der Waals surface area contributed by atoms with Gasteiger partial charge in [-0.15, -0.1) is 11.3 Å². The van der Waals surface area contributed by atoms with Crippen molar-refractivity contribution in [1.29, 1.82) is 0 Å². The van der Waals surface area contributed by atoms with E-state index in [0.717, 1.165) is 43.5 Å². The zero-order valence-corrected chi connectivity index (χ0v) is 17.7. The second-order valence-corrected chi connectivity index (χ2v) is 8.74. The number of rotatable bonds is 7. The van der Waals surface area contributed by atoms with Crippen molar-refractivity contribution in [2.75, 3.05) is 19.6 Å². The summed E-state index contributed by atoms with van der Waals surface area (Å²) < 4.78 is 3.30. The maximum Gasteiger partial charge on any atom is 0.329 e. The predicted octanol–water partition coefficient (Wildman–Crippen LogP) is 2.91. The van der Waals surface area contributed by atoms with Crippen molar-refractivity contribution in [1.82, 2.24) is 19.4 Å².